The molecular weight excluding hydrogens is 258 g/mol. The summed E-state index contributed by atoms with van der Waals surface area (Å²) in [5.41, 5.74) is 0.163. The lowest BCUT2D eigenvalue weighted by Gasteiger charge is -2.44. The van der Waals surface area contributed by atoms with Crippen LogP contribution in [-0.4, -0.2) is 24.3 Å². The summed E-state index contributed by atoms with van der Waals surface area (Å²) in [4.78, 5) is 0. The highest BCUT2D eigenvalue weighted by Crippen LogP contribution is 2.40. The van der Waals surface area contributed by atoms with Gasteiger partial charge < -0.3 is 10.1 Å². The van der Waals surface area contributed by atoms with Gasteiger partial charge in [-0.25, -0.2) is 0 Å². The summed E-state index contributed by atoms with van der Waals surface area (Å²) in [6.45, 7) is 5.89. The number of hydrogen-bond donors (Lipinski definition) is 1. The Balaban J connectivity index is 1.57. The predicted molar refractivity (Wildman–Crippen MR) is 88.5 cm³/mol. The maximum absolute atomic E-state index is 6.76. The minimum absolute atomic E-state index is 0.163. The Morgan fingerprint density at radius 2 is 1.62 bits per heavy atom. The molecule has 3 aliphatic rings. The van der Waals surface area contributed by atoms with Crippen molar-refractivity contribution in [2.24, 2.45) is 11.8 Å². The zero-order chi connectivity index (χ0) is 14.7. The van der Waals surface area contributed by atoms with E-state index in [1.807, 2.05) is 0 Å². The summed E-state index contributed by atoms with van der Waals surface area (Å²) in [5, 5.41) is 3.78. The average molecular weight is 293 g/mol. The van der Waals surface area contributed by atoms with E-state index in [9.17, 15) is 0 Å². The molecule has 2 nitrogen and oxygen atoms in total. The molecule has 2 heteroatoms. The molecule has 3 saturated carbocycles. The van der Waals surface area contributed by atoms with E-state index >= 15 is 0 Å². The Bertz CT molecular complexity index is 310. The van der Waals surface area contributed by atoms with Crippen LogP contribution in [0.15, 0.2) is 0 Å². The Hall–Kier alpha value is -0.0800. The van der Waals surface area contributed by atoms with Gasteiger partial charge in [-0.2, -0.15) is 0 Å². The third kappa shape index (κ3) is 4.45. The summed E-state index contributed by atoms with van der Waals surface area (Å²) in [7, 11) is 0. The van der Waals surface area contributed by atoms with E-state index in [1.54, 1.807) is 0 Å². The lowest BCUT2D eigenvalue weighted by molar-refractivity contribution is -0.129. The molecule has 0 heterocycles. The van der Waals surface area contributed by atoms with Gasteiger partial charge in [0, 0.05) is 12.6 Å². The molecule has 0 unspecified atom stereocenters. The average Bonchev–Trinajstić information content (AvgIpc) is 3.31. The van der Waals surface area contributed by atoms with Gasteiger partial charge in [0.15, 0.2) is 0 Å². The lowest BCUT2D eigenvalue weighted by Crippen LogP contribution is -2.49. The molecule has 0 atom stereocenters. The zero-order valence-electron chi connectivity index (χ0n) is 14.2. The van der Waals surface area contributed by atoms with Crippen molar-refractivity contribution in [3.8, 4) is 0 Å². The summed E-state index contributed by atoms with van der Waals surface area (Å²) in [5.74, 6) is 1.77. The van der Waals surface area contributed by atoms with E-state index in [1.165, 1.54) is 70.6 Å². The molecule has 3 fully saturated rings. The van der Waals surface area contributed by atoms with Gasteiger partial charge in [-0.15, -0.1) is 0 Å². The molecule has 0 bridgehead atoms. The van der Waals surface area contributed by atoms with Gasteiger partial charge in [0.2, 0.25) is 0 Å². The van der Waals surface area contributed by atoms with Crippen molar-refractivity contribution < 1.29 is 4.74 Å². The van der Waals surface area contributed by atoms with Crippen molar-refractivity contribution in [3.05, 3.63) is 0 Å². The van der Waals surface area contributed by atoms with E-state index < -0.39 is 0 Å². The maximum atomic E-state index is 6.76. The van der Waals surface area contributed by atoms with Crippen LogP contribution in [0.25, 0.3) is 0 Å². The topological polar surface area (TPSA) is 21.3 Å². The number of rotatable bonds is 6. The normalized spacial score (nSPS) is 35.3. The first kappa shape index (κ1) is 15.8. The maximum Gasteiger partial charge on any atom is 0.0810 e. The molecule has 0 spiro atoms. The summed E-state index contributed by atoms with van der Waals surface area (Å²) < 4.78 is 6.76. The number of nitrogens with one attached hydrogen (secondary N) is 1. The molecule has 0 aromatic rings. The van der Waals surface area contributed by atoms with E-state index in [2.05, 4.69) is 19.2 Å². The molecule has 3 rings (SSSR count). The third-order valence-electron chi connectivity index (χ3n) is 6.14. The second kappa shape index (κ2) is 7.00. The lowest BCUT2D eigenvalue weighted by atomic mass is 9.74. The highest BCUT2D eigenvalue weighted by molar-refractivity contribution is 4.94. The molecule has 0 radical (unpaired) electrons. The second-order valence-corrected chi connectivity index (χ2v) is 8.30. The van der Waals surface area contributed by atoms with E-state index in [0.717, 1.165) is 24.4 Å². The van der Waals surface area contributed by atoms with Gasteiger partial charge in [0.1, 0.15) is 0 Å². The Labute approximate surface area is 131 Å². The fourth-order valence-corrected chi connectivity index (χ4v) is 4.32. The summed E-state index contributed by atoms with van der Waals surface area (Å²) in [6, 6.07) is 0.805. The predicted octanol–water partition coefficient (Wildman–Crippen LogP) is 4.67. The molecule has 1 N–H and O–H groups in total. The number of hydrogen-bond acceptors (Lipinski definition) is 2. The molecule has 21 heavy (non-hydrogen) atoms. The van der Waals surface area contributed by atoms with Crippen LogP contribution in [0.4, 0.5) is 0 Å². The smallest absolute Gasteiger partial charge is 0.0810 e. The van der Waals surface area contributed by atoms with E-state index in [4.69, 9.17) is 4.74 Å². The Kier molecular flexibility index (Phi) is 5.27. The summed E-state index contributed by atoms with van der Waals surface area (Å²) >= 11 is 0. The molecule has 0 aromatic carbocycles. The molecule has 0 aliphatic heterocycles. The van der Waals surface area contributed by atoms with Gasteiger partial charge in [0.25, 0.3) is 0 Å². The van der Waals surface area contributed by atoms with Crippen molar-refractivity contribution in [2.45, 2.75) is 102 Å². The monoisotopic (exact) mass is 293 g/mol. The highest BCUT2D eigenvalue weighted by atomic mass is 16.5. The molecule has 0 amide bonds. The van der Waals surface area contributed by atoms with E-state index in [-0.39, 0.29) is 5.60 Å². The van der Waals surface area contributed by atoms with Crippen LogP contribution in [0.3, 0.4) is 0 Å². The van der Waals surface area contributed by atoms with Crippen LogP contribution >= 0.6 is 0 Å². The SMILES string of the molecule is CC(C)C1CCC(CNC2CC2)(OC2CCCCC2)CC1. The van der Waals surface area contributed by atoms with Gasteiger partial charge in [-0.3, -0.25) is 0 Å². The van der Waals surface area contributed by atoms with Crippen LogP contribution in [0, 0.1) is 11.8 Å². The van der Waals surface area contributed by atoms with E-state index in [0.29, 0.717) is 6.10 Å². The summed E-state index contributed by atoms with van der Waals surface area (Å²) in [6.07, 6.45) is 15.4. The molecule has 0 aromatic heterocycles. The quantitative estimate of drug-likeness (QED) is 0.768. The van der Waals surface area contributed by atoms with Crippen LogP contribution < -0.4 is 5.32 Å². The minimum Gasteiger partial charge on any atom is -0.370 e. The minimum atomic E-state index is 0.163. The molecule has 3 aliphatic carbocycles. The van der Waals surface area contributed by atoms with Crippen LogP contribution in [-0.2, 0) is 4.74 Å². The fraction of sp³-hybridized carbons (Fsp3) is 1.00. The largest absolute Gasteiger partial charge is 0.370 e. The van der Waals surface area contributed by atoms with Gasteiger partial charge >= 0.3 is 0 Å². The first-order valence-corrected chi connectivity index (χ1v) is 9.58. The van der Waals surface area contributed by atoms with Gasteiger partial charge in [0.05, 0.1) is 11.7 Å². The first-order chi connectivity index (χ1) is 10.2. The van der Waals surface area contributed by atoms with Crippen molar-refractivity contribution in [1.29, 1.82) is 0 Å². The van der Waals surface area contributed by atoms with Gasteiger partial charge in [-0.05, 0) is 63.2 Å². The zero-order valence-corrected chi connectivity index (χ0v) is 14.2. The Morgan fingerprint density at radius 1 is 0.952 bits per heavy atom. The Morgan fingerprint density at radius 3 is 2.19 bits per heavy atom. The second-order valence-electron chi connectivity index (χ2n) is 8.30. The fourth-order valence-electron chi connectivity index (χ4n) is 4.32. The number of ether oxygens (including phenoxy) is 1. The molecular formula is C19H35NO. The van der Waals surface area contributed by atoms with Crippen molar-refractivity contribution in [1.82, 2.24) is 5.32 Å². The van der Waals surface area contributed by atoms with Crippen molar-refractivity contribution in [3.63, 3.8) is 0 Å². The van der Waals surface area contributed by atoms with Gasteiger partial charge in [-0.1, -0.05) is 33.1 Å². The highest BCUT2D eigenvalue weighted by Gasteiger charge is 2.40. The van der Waals surface area contributed by atoms with Crippen LogP contribution in [0.1, 0.15) is 84.5 Å². The van der Waals surface area contributed by atoms with Crippen LogP contribution in [0.5, 0.6) is 0 Å². The first-order valence-electron chi connectivity index (χ1n) is 9.58. The van der Waals surface area contributed by atoms with Crippen molar-refractivity contribution >= 4 is 0 Å². The van der Waals surface area contributed by atoms with Crippen molar-refractivity contribution in [2.75, 3.05) is 6.54 Å². The standard InChI is InChI=1S/C19H35NO/c1-15(2)16-10-12-19(13-11-16,14-20-17-8-9-17)21-18-6-4-3-5-7-18/h15-18,20H,3-14H2,1-2H3. The third-order valence-corrected chi connectivity index (χ3v) is 6.14. The molecule has 0 saturated heterocycles. The van der Waals surface area contributed by atoms with Crippen LogP contribution in [0.2, 0.25) is 0 Å². The molecule has 122 valence electrons.